The fraction of sp³-hybridized carbons (Fsp3) is 0.143. The minimum atomic E-state index is -0.279. The number of carbonyl (C=O) groups is 1. The van der Waals surface area contributed by atoms with Crippen molar-refractivity contribution in [3.63, 3.8) is 0 Å². The lowest BCUT2D eigenvalue weighted by atomic mass is 10.1. The van der Waals surface area contributed by atoms with Crippen LogP contribution in [0.3, 0.4) is 0 Å². The molecule has 130 valence electrons. The molecule has 0 amide bonds. The van der Waals surface area contributed by atoms with Crippen molar-refractivity contribution in [1.29, 1.82) is 0 Å². The van der Waals surface area contributed by atoms with Crippen molar-refractivity contribution in [2.75, 3.05) is 6.61 Å². The summed E-state index contributed by atoms with van der Waals surface area (Å²) in [5, 5.41) is 5.82. The topological polar surface area (TPSA) is 44.1 Å². The highest BCUT2D eigenvalue weighted by Gasteiger charge is 2.19. The van der Waals surface area contributed by atoms with E-state index < -0.39 is 0 Å². The smallest absolute Gasteiger partial charge is 0.348 e. The van der Waals surface area contributed by atoms with Crippen molar-refractivity contribution in [3.05, 3.63) is 77.2 Å². The van der Waals surface area contributed by atoms with E-state index in [1.54, 1.807) is 0 Å². The lowest BCUT2D eigenvalue weighted by molar-refractivity contribution is 0.0532. The maximum absolute atomic E-state index is 12.2. The Bertz CT molecular complexity index is 1040. The van der Waals surface area contributed by atoms with Gasteiger partial charge < -0.3 is 4.74 Å². The fourth-order valence-electron chi connectivity index (χ4n) is 2.94. The molecule has 2 aromatic heterocycles. The van der Waals surface area contributed by atoms with Crippen LogP contribution in [0, 0.1) is 0 Å². The van der Waals surface area contributed by atoms with Gasteiger partial charge in [0.15, 0.2) is 0 Å². The first kappa shape index (κ1) is 16.5. The third-order valence-electron chi connectivity index (χ3n) is 4.12. The summed E-state index contributed by atoms with van der Waals surface area (Å²) in [6.07, 6.45) is 0. The van der Waals surface area contributed by atoms with E-state index in [-0.39, 0.29) is 5.97 Å². The maximum Gasteiger partial charge on any atom is 0.348 e. The molecule has 0 atom stereocenters. The van der Waals surface area contributed by atoms with Gasteiger partial charge in [-0.15, -0.1) is 11.3 Å². The molecule has 0 fully saturated rings. The average Bonchev–Trinajstić information content (AvgIpc) is 3.24. The number of thiophene rings is 1. The molecule has 0 aliphatic rings. The molecule has 26 heavy (non-hydrogen) atoms. The maximum atomic E-state index is 12.2. The third kappa shape index (κ3) is 3.13. The molecule has 5 heteroatoms. The molecule has 0 aliphatic heterocycles. The molecule has 0 bridgehead atoms. The van der Waals surface area contributed by atoms with Crippen LogP contribution in [0.4, 0.5) is 0 Å². The summed E-state index contributed by atoms with van der Waals surface area (Å²) in [4.78, 5) is 13.8. The van der Waals surface area contributed by atoms with Crippen LogP contribution in [0.25, 0.3) is 21.5 Å². The number of rotatable bonds is 5. The van der Waals surface area contributed by atoms with Gasteiger partial charge in [-0.25, -0.2) is 9.48 Å². The van der Waals surface area contributed by atoms with Crippen LogP contribution < -0.4 is 0 Å². The molecule has 0 spiro atoms. The molecule has 4 nitrogen and oxygen atoms in total. The number of fused-ring (bicyclic) bond motifs is 1. The molecule has 0 saturated heterocycles. The Balaban J connectivity index is 1.84. The Morgan fingerprint density at radius 3 is 2.46 bits per heavy atom. The van der Waals surface area contributed by atoms with E-state index in [0.717, 1.165) is 21.5 Å². The zero-order chi connectivity index (χ0) is 17.9. The van der Waals surface area contributed by atoms with Crippen molar-refractivity contribution in [1.82, 2.24) is 9.78 Å². The average molecular weight is 362 g/mol. The van der Waals surface area contributed by atoms with Gasteiger partial charge in [-0.1, -0.05) is 60.7 Å². The monoisotopic (exact) mass is 362 g/mol. The van der Waals surface area contributed by atoms with Crippen LogP contribution >= 0.6 is 11.3 Å². The van der Waals surface area contributed by atoms with Crippen molar-refractivity contribution in [2.45, 2.75) is 13.5 Å². The van der Waals surface area contributed by atoms with Gasteiger partial charge in [-0.2, -0.15) is 5.10 Å². The van der Waals surface area contributed by atoms with Gasteiger partial charge in [0.2, 0.25) is 0 Å². The Morgan fingerprint density at radius 2 is 1.77 bits per heavy atom. The summed E-state index contributed by atoms with van der Waals surface area (Å²) in [5.74, 6) is -0.279. The number of carbonyl (C=O) groups excluding carboxylic acids is 1. The Labute approximate surface area is 155 Å². The van der Waals surface area contributed by atoms with E-state index in [0.29, 0.717) is 18.0 Å². The highest BCUT2D eigenvalue weighted by atomic mass is 32.1. The van der Waals surface area contributed by atoms with Crippen LogP contribution in [-0.2, 0) is 11.3 Å². The number of esters is 1. The molecule has 0 unspecified atom stereocenters. The summed E-state index contributed by atoms with van der Waals surface area (Å²) in [6.45, 7) is 2.85. The zero-order valence-corrected chi connectivity index (χ0v) is 15.2. The number of hydrogen-bond acceptors (Lipinski definition) is 4. The Hall–Kier alpha value is -2.92. The van der Waals surface area contributed by atoms with Crippen LogP contribution in [0.2, 0.25) is 0 Å². The van der Waals surface area contributed by atoms with Gasteiger partial charge in [0, 0.05) is 10.9 Å². The molecular formula is C21H18N2O2S. The molecule has 0 radical (unpaired) electrons. The van der Waals surface area contributed by atoms with Gasteiger partial charge in [-0.05, 0) is 18.6 Å². The van der Waals surface area contributed by atoms with Crippen LogP contribution in [0.1, 0.15) is 22.2 Å². The lowest BCUT2D eigenvalue weighted by Crippen LogP contribution is -2.03. The molecule has 0 saturated carbocycles. The largest absolute Gasteiger partial charge is 0.462 e. The van der Waals surface area contributed by atoms with Crippen molar-refractivity contribution in [2.24, 2.45) is 0 Å². The molecule has 2 aromatic carbocycles. The second kappa shape index (κ2) is 7.14. The van der Waals surface area contributed by atoms with E-state index in [9.17, 15) is 4.79 Å². The van der Waals surface area contributed by atoms with Crippen molar-refractivity contribution in [3.8, 4) is 11.3 Å². The summed E-state index contributed by atoms with van der Waals surface area (Å²) in [6, 6.07) is 22.2. The quantitative estimate of drug-likeness (QED) is 0.470. The minimum absolute atomic E-state index is 0.279. The van der Waals surface area contributed by atoms with E-state index in [2.05, 4.69) is 12.1 Å². The standard InChI is InChI=1S/C21H18N2O2S/c1-2-25-21(24)18-13-17-19(16-11-7-4-8-12-16)22-23(20(17)26-18)14-15-9-5-3-6-10-15/h3-13H,2,14H2,1H3. The van der Waals surface area contributed by atoms with Gasteiger partial charge in [-0.3, -0.25) is 0 Å². The number of aromatic nitrogens is 2. The first-order valence-electron chi connectivity index (χ1n) is 8.53. The van der Waals surface area contributed by atoms with Gasteiger partial charge in [0.1, 0.15) is 15.4 Å². The SMILES string of the molecule is CCOC(=O)c1cc2c(-c3ccccc3)nn(Cc3ccccc3)c2s1. The number of nitrogens with zero attached hydrogens (tertiary/aromatic N) is 2. The zero-order valence-electron chi connectivity index (χ0n) is 14.4. The normalized spacial score (nSPS) is 11.0. The van der Waals surface area contributed by atoms with Gasteiger partial charge in [0.25, 0.3) is 0 Å². The minimum Gasteiger partial charge on any atom is -0.462 e. The summed E-state index contributed by atoms with van der Waals surface area (Å²) < 4.78 is 7.15. The second-order valence-corrected chi connectivity index (χ2v) is 6.94. The third-order valence-corrected chi connectivity index (χ3v) is 5.25. The van der Waals surface area contributed by atoms with Gasteiger partial charge >= 0.3 is 5.97 Å². The first-order chi connectivity index (χ1) is 12.8. The van der Waals surface area contributed by atoms with Crippen molar-refractivity contribution < 1.29 is 9.53 Å². The molecule has 4 aromatic rings. The number of ether oxygens (including phenoxy) is 1. The highest BCUT2D eigenvalue weighted by molar-refractivity contribution is 7.20. The molecule has 0 aliphatic carbocycles. The van der Waals surface area contributed by atoms with Crippen LogP contribution in [-0.4, -0.2) is 22.4 Å². The molecule has 4 rings (SSSR count). The van der Waals surface area contributed by atoms with Crippen LogP contribution in [0.15, 0.2) is 66.7 Å². The molecular weight excluding hydrogens is 344 g/mol. The highest BCUT2D eigenvalue weighted by Crippen LogP contribution is 2.34. The Morgan fingerprint density at radius 1 is 1.08 bits per heavy atom. The van der Waals surface area contributed by atoms with Crippen LogP contribution in [0.5, 0.6) is 0 Å². The fourth-order valence-corrected chi connectivity index (χ4v) is 3.94. The Kier molecular flexibility index (Phi) is 4.54. The lowest BCUT2D eigenvalue weighted by Gasteiger charge is -2.03. The van der Waals surface area contributed by atoms with E-state index in [4.69, 9.17) is 9.84 Å². The predicted octanol–water partition coefficient (Wildman–Crippen LogP) is 4.99. The van der Waals surface area contributed by atoms with Crippen molar-refractivity contribution >= 4 is 27.5 Å². The van der Waals surface area contributed by atoms with E-state index in [1.807, 2.05) is 66.2 Å². The van der Waals surface area contributed by atoms with E-state index >= 15 is 0 Å². The number of hydrogen-bond donors (Lipinski definition) is 0. The van der Waals surface area contributed by atoms with Gasteiger partial charge in [0.05, 0.1) is 13.2 Å². The number of benzene rings is 2. The van der Waals surface area contributed by atoms with E-state index in [1.165, 1.54) is 16.9 Å². The summed E-state index contributed by atoms with van der Waals surface area (Å²) in [5.41, 5.74) is 3.10. The second-order valence-electron chi connectivity index (χ2n) is 5.91. The molecule has 0 N–H and O–H groups in total. The summed E-state index contributed by atoms with van der Waals surface area (Å²) >= 11 is 1.43. The molecule has 2 heterocycles. The predicted molar refractivity (Wildman–Crippen MR) is 105 cm³/mol. The summed E-state index contributed by atoms with van der Waals surface area (Å²) in [7, 11) is 0. The first-order valence-corrected chi connectivity index (χ1v) is 9.34.